The van der Waals surface area contributed by atoms with E-state index in [0.717, 1.165) is 34.4 Å². The third-order valence-electron chi connectivity index (χ3n) is 3.83. The van der Waals surface area contributed by atoms with Crippen molar-refractivity contribution >= 4 is 57.6 Å². The van der Waals surface area contributed by atoms with Gasteiger partial charge in [-0.2, -0.15) is 0 Å². The number of amides is 1. The fourth-order valence-corrected chi connectivity index (χ4v) is 2.87. The first-order valence-corrected chi connectivity index (χ1v) is 9.16. The average molecular weight is 400 g/mol. The van der Waals surface area contributed by atoms with Gasteiger partial charge in [-0.15, -0.1) is 0 Å². The molecule has 0 unspecified atom stereocenters. The van der Waals surface area contributed by atoms with E-state index >= 15 is 0 Å². The number of hydrogen-bond donors (Lipinski definition) is 3. The lowest BCUT2D eigenvalue weighted by atomic mass is 10.1. The molecule has 0 aliphatic heterocycles. The predicted molar refractivity (Wildman–Crippen MR) is 114 cm³/mol. The third kappa shape index (κ3) is 4.87. The Morgan fingerprint density at radius 1 is 1.15 bits per heavy atom. The molecule has 138 valence electrons. The summed E-state index contributed by atoms with van der Waals surface area (Å²) in [7, 11) is 0. The Labute approximate surface area is 167 Å². The number of benzene rings is 2. The third-order valence-corrected chi connectivity index (χ3v) is 4.29. The highest BCUT2D eigenvalue weighted by Gasteiger charge is 2.10. The maximum absolute atomic E-state index is 12.1. The number of anilines is 1. The van der Waals surface area contributed by atoms with Gasteiger partial charge in [0.1, 0.15) is 11.3 Å². The second-order valence-corrected chi connectivity index (χ2v) is 6.54. The van der Waals surface area contributed by atoms with Crippen LogP contribution in [0.15, 0.2) is 59.0 Å². The maximum Gasteiger partial charge on any atom is 0.262 e. The van der Waals surface area contributed by atoms with Crippen molar-refractivity contribution in [2.24, 2.45) is 0 Å². The van der Waals surface area contributed by atoms with E-state index in [9.17, 15) is 4.79 Å². The Balaban J connectivity index is 1.59. The van der Waals surface area contributed by atoms with E-state index < -0.39 is 0 Å². The van der Waals surface area contributed by atoms with E-state index in [1.165, 1.54) is 6.08 Å². The molecule has 1 heterocycles. The number of nitrogens with one attached hydrogen (secondary N) is 3. The summed E-state index contributed by atoms with van der Waals surface area (Å²) in [5, 5.41) is 4.82. The molecule has 3 N–H and O–H groups in total. The zero-order valence-electron chi connectivity index (χ0n) is 14.6. The molecule has 0 aliphatic rings. The molecule has 5 nitrogen and oxygen atoms in total. The number of thiocarbonyl (C=S) groups is 1. The SMILES string of the molecule is CCc1oc2ccccc2c1/C=C/C(=O)NNC(=S)Nc1ccc(Cl)cc1. The lowest BCUT2D eigenvalue weighted by Gasteiger charge is -2.10. The molecular weight excluding hydrogens is 382 g/mol. The van der Waals surface area contributed by atoms with Crippen molar-refractivity contribution in [3.8, 4) is 0 Å². The first-order chi connectivity index (χ1) is 13.1. The van der Waals surface area contributed by atoms with Crippen LogP contribution in [0.4, 0.5) is 5.69 Å². The number of carbonyl (C=O) groups excluding carboxylic acids is 1. The number of halogens is 1. The highest BCUT2D eigenvalue weighted by atomic mass is 35.5. The molecule has 1 aromatic heterocycles. The maximum atomic E-state index is 12.1. The number of furan rings is 1. The summed E-state index contributed by atoms with van der Waals surface area (Å²) in [6.45, 7) is 2.01. The van der Waals surface area contributed by atoms with Crippen molar-refractivity contribution in [3.63, 3.8) is 0 Å². The summed E-state index contributed by atoms with van der Waals surface area (Å²) in [6, 6.07) is 14.8. The van der Waals surface area contributed by atoms with Crippen LogP contribution in [0.2, 0.25) is 5.02 Å². The van der Waals surface area contributed by atoms with Crippen molar-refractivity contribution < 1.29 is 9.21 Å². The molecule has 3 rings (SSSR count). The van der Waals surface area contributed by atoms with Gasteiger partial charge in [0.2, 0.25) is 0 Å². The van der Waals surface area contributed by atoms with E-state index in [-0.39, 0.29) is 11.0 Å². The first-order valence-electron chi connectivity index (χ1n) is 8.38. The molecule has 0 spiro atoms. The summed E-state index contributed by atoms with van der Waals surface area (Å²) in [4.78, 5) is 12.1. The van der Waals surface area contributed by atoms with Gasteiger partial charge >= 0.3 is 0 Å². The topological polar surface area (TPSA) is 66.3 Å². The molecule has 0 atom stereocenters. The van der Waals surface area contributed by atoms with Gasteiger partial charge in [-0.3, -0.25) is 15.6 Å². The summed E-state index contributed by atoms with van der Waals surface area (Å²) in [5.41, 5.74) is 7.66. The smallest absolute Gasteiger partial charge is 0.262 e. The quantitative estimate of drug-likeness (QED) is 0.337. The van der Waals surface area contributed by atoms with E-state index in [4.69, 9.17) is 28.2 Å². The van der Waals surface area contributed by atoms with Crippen LogP contribution in [0.1, 0.15) is 18.2 Å². The normalized spacial score (nSPS) is 10.9. The second-order valence-electron chi connectivity index (χ2n) is 5.70. The molecule has 0 saturated heterocycles. The van der Waals surface area contributed by atoms with Gasteiger partial charge in [0.15, 0.2) is 5.11 Å². The fraction of sp³-hybridized carbons (Fsp3) is 0.100. The van der Waals surface area contributed by atoms with E-state index in [0.29, 0.717) is 5.02 Å². The van der Waals surface area contributed by atoms with Crippen molar-refractivity contribution in [3.05, 3.63) is 71.0 Å². The summed E-state index contributed by atoms with van der Waals surface area (Å²) in [6.07, 6.45) is 3.93. The van der Waals surface area contributed by atoms with Crippen molar-refractivity contribution in [1.29, 1.82) is 0 Å². The highest BCUT2D eigenvalue weighted by molar-refractivity contribution is 7.80. The van der Waals surface area contributed by atoms with E-state index in [2.05, 4.69) is 16.2 Å². The van der Waals surface area contributed by atoms with Crippen LogP contribution in [0.5, 0.6) is 0 Å². The average Bonchev–Trinajstić information content (AvgIpc) is 3.04. The Hall–Kier alpha value is -2.83. The molecule has 3 aromatic rings. The van der Waals surface area contributed by atoms with E-state index in [1.54, 1.807) is 30.3 Å². The minimum atomic E-state index is -0.331. The monoisotopic (exact) mass is 399 g/mol. The van der Waals surface area contributed by atoms with Crippen LogP contribution in [0.3, 0.4) is 0 Å². The van der Waals surface area contributed by atoms with Gasteiger partial charge in [-0.1, -0.05) is 36.7 Å². The van der Waals surface area contributed by atoms with Crippen LogP contribution in [0.25, 0.3) is 17.0 Å². The number of aryl methyl sites for hydroxylation is 1. The Morgan fingerprint density at radius 3 is 2.63 bits per heavy atom. The Bertz CT molecular complexity index is 996. The molecule has 0 fully saturated rings. The lowest BCUT2D eigenvalue weighted by molar-refractivity contribution is -0.116. The van der Waals surface area contributed by atoms with Gasteiger partial charge in [0.05, 0.1) is 0 Å². The van der Waals surface area contributed by atoms with Gasteiger partial charge in [0, 0.05) is 34.2 Å². The predicted octanol–water partition coefficient (Wildman–Crippen LogP) is 4.68. The van der Waals surface area contributed by atoms with Crippen molar-refractivity contribution in [1.82, 2.24) is 10.9 Å². The number of hydrogen-bond acceptors (Lipinski definition) is 3. The molecule has 0 radical (unpaired) electrons. The van der Waals surface area contributed by atoms with Crippen LogP contribution in [-0.2, 0) is 11.2 Å². The van der Waals surface area contributed by atoms with Gasteiger partial charge < -0.3 is 9.73 Å². The second kappa shape index (κ2) is 8.70. The van der Waals surface area contributed by atoms with Crippen LogP contribution in [-0.4, -0.2) is 11.0 Å². The molecule has 27 heavy (non-hydrogen) atoms. The zero-order chi connectivity index (χ0) is 19.2. The molecule has 0 saturated carbocycles. The fourth-order valence-electron chi connectivity index (χ4n) is 2.58. The van der Waals surface area contributed by atoms with Crippen molar-refractivity contribution in [2.45, 2.75) is 13.3 Å². The molecular formula is C20H18ClN3O2S. The number of hydrazine groups is 1. The minimum Gasteiger partial charge on any atom is -0.460 e. The molecule has 0 aliphatic carbocycles. The highest BCUT2D eigenvalue weighted by Crippen LogP contribution is 2.27. The minimum absolute atomic E-state index is 0.266. The van der Waals surface area contributed by atoms with Crippen LogP contribution < -0.4 is 16.2 Å². The summed E-state index contributed by atoms with van der Waals surface area (Å²) < 4.78 is 5.81. The molecule has 7 heteroatoms. The molecule has 2 aromatic carbocycles. The standard InChI is InChI=1S/C20H18ClN3O2S/c1-2-17-16(15-5-3-4-6-18(15)26-17)11-12-19(25)23-24-20(27)22-14-9-7-13(21)8-10-14/h3-12H,2H2,1H3,(H,23,25)(H2,22,24,27)/b12-11+. The zero-order valence-corrected chi connectivity index (χ0v) is 16.2. The number of rotatable bonds is 4. The van der Waals surface area contributed by atoms with E-state index in [1.807, 2.05) is 31.2 Å². The number of para-hydroxylation sites is 1. The Kier molecular flexibility index (Phi) is 6.11. The number of fused-ring (bicyclic) bond motifs is 1. The largest absolute Gasteiger partial charge is 0.460 e. The van der Waals surface area contributed by atoms with Gasteiger partial charge in [0.25, 0.3) is 5.91 Å². The lowest BCUT2D eigenvalue weighted by Crippen LogP contribution is -2.43. The van der Waals surface area contributed by atoms with Crippen LogP contribution in [0, 0.1) is 0 Å². The van der Waals surface area contributed by atoms with Crippen molar-refractivity contribution in [2.75, 3.05) is 5.32 Å². The summed E-state index contributed by atoms with van der Waals surface area (Å²) >= 11 is 11.0. The van der Waals surface area contributed by atoms with Gasteiger partial charge in [-0.05, 0) is 48.6 Å². The van der Waals surface area contributed by atoms with Crippen LogP contribution >= 0.6 is 23.8 Å². The first kappa shape index (κ1) is 18.9. The molecule has 0 bridgehead atoms. The summed E-state index contributed by atoms with van der Waals surface area (Å²) in [5.74, 6) is 0.510. The van der Waals surface area contributed by atoms with Gasteiger partial charge in [-0.25, -0.2) is 0 Å². The number of carbonyl (C=O) groups is 1. The molecule has 1 amide bonds. The Morgan fingerprint density at radius 2 is 1.89 bits per heavy atom.